The number of anilines is 2. The van der Waals surface area contributed by atoms with Gasteiger partial charge in [-0.15, -0.1) is 0 Å². The molecule has 0 radical (unpaired) electrons. The van der Waals surface area contributed by atoms with E-state index in [0.29, 0.717) is 0 Å². The second-order valence-electron chi connectivity index (χ2n) is 9.19. The summed E-state index contributed by atoms with van der Waals surface area (Å²) in [6, 6.07) is 49.7. The van der Waals surface area contributed by atoms with Gasteiger partial charge in [-0.2, -0.15) is 0 Å². The Morgan fingerprint density at radius 3 is 1.89 bits per heavy atom. The lowest BCUT2D eigenvalue weighted by molar-refractivity contribution is 1.18. The van der Waals surface area contributed by atoms with E-state index in [-0.39, 0.29) is 0 Å². The second-order valence-corrected chi connectivity index (χ2v) is 9.19. The van der Waals surface area contributed by atoms with E-state index >= 15 is 0 Å². The molecule has 0 amide bonds. The Hall–Kier alpha value is -4.82. The molecule has 170 valence electrons. The van der Waals surface area contributed by atoms with Crippen LogP contribution in [0.25, 0.3) is 49.4 Å². The smallest absolute Gasteiger partial charge is 0.0561 e. The number of aromatic nitrogens is 1. The maximum Gasteiger partial charge on any atom is 0.0561 e. The minimum atomic E-state index is 1.07. The first-order valence-corrected chi connectivity index (χ1v) is 12.3. The number of fused-ring (bicyclic) bond motifs is 4. The van der Waals surface area contributed by atoms with Crippen molar-refractivity contribution in [3.8, 4) is 16.8 Å². The molecule has 0 saturated heterocycles. The number of rotatable bonds is 4. The Kier molecular flexibility index (Phi) is 4.82. The molecule has 0 spiro atoms. The lowest BCUT2D eigenvalue weighted by Crippen LogP contribution is -1.95. The molecule has 6 aromatic carbocycles. The van der Waals surface area contributed by atoms with Gasteiger partial charge >= 0.3 is 0 Å². The molecule has 0 aliphatic carbocycles. The van der Waals surface area contributed by atoms with Gasteiger partial charge in [0.25, 0.3) is 0 Å². The van der Waals surface area contributed by atoms with E-state index in [1.165, 1.54) is 43.7 Å². The summed E-state index contributed by atoms with van der Waals surface area (Å²) >= 11 is 0. The number of benzene rings is 6. The molecule has 2 nitrogen and oxygen atoms in total. The molecule has 7 aromatic rings. The lowest BCUT2D eigenvalue weighted by atomic mass is 10.0. The van der Waals surface area contributed by atoms with E-state index in [2.05, 4.69) is 143 Å². The molecule has 0 atom stereocenters. The van der Waals surface area contributed by atoms with Gasteiger partial charge in [0, 0.05) is 27.8 Å². The summed E-state index contributed by atoms with van der Waals surface area (Å²) in [5, 5.41) is 8.59. The molecular weight excluding hydrogens is 436 g/mol. The van der Waals surface area contributed by atoms with Gasteiger partial charge in [0.2, 0.25) is 0 Å². The summed E-state index contributed by atoms with van der Waals surface area (Å²) in [5.41, 5.74) is 8.14. The predicted octanol–water partition coefficient (Wildman–Crippen LogP) is 9.35. The van der Waals surface area contributed by atoms with E-state index in [4.69, 9.17) is 0 Å². The largest absolute Gasteiger partial charge is 0.355 e. The van der Waals surface area contributed by atoms with E-state index in [9.17, 15) is 0 Å². The predicted molar refractivity (Wildman–Crippen MR) is 153 cm³/mol. The normalized spacial score (nSPS) is 11.3. The third-order valence-electron chi connectivity index (χ3n) is 6.91. The monoisotopic (exact) mass is 460 g/mol. The van der Waals surface area contributed by atoms with Crippen LogP contribution < -0.4 is 5.32 Å². The van der Waals surface area contributed by atoms with Crippen LogP contribution in [0.3, 0.4) is 0 Å². The molecule has 0 aliphatic rings. The molecule has 0 unspecified atom stereocenters. The van der Waals surface area contributed by atoms with Gasteiger partial charge in [0.05, 0.1) is 11.0 Å². The van der Waals surface area contributed by atoms with Crippen LogP contribution in [0, 0.1) is 0 Å². The molecule has 2 heteroatoms. The van der Waals surface area contributed by atoms with Crippen molar-refractivity contribution in [3.05, 3.63) is 140 Å². The highest BCUT2D eigenvalue weighted by molar-refractivity contribution is 6.14. The zero-order valence-corrected chi connectivity index (χ0v) is 19.7. The fourth-order valence-corrected chi connectivity index (χ4v) is 5.20. The SMILES string of the molecule is c1ccc(Nc2ccc3c4cc5ccccc5cc4n(-c4cccc(-c5ccccc5)c4)c3c2)cc1. The average Bonchev–Trinajstić information content (AvgIpc) is 3.25. The van der Waals surface area contributed by atoms with Crippen molar-refractivity contribution in [3.63, 3.8) is 0 Å². The van der Waals surface area contributed by atoms with Crippen LogP contribution >= 0.6 is 0 Å². The Balaban J connectivity index is 1.50. The van der Waals surface area contributed by atoms with Crippen molar-refractivity contribution >= 4 is 44.0 Å². The van der Waals surface area contributed by atoms with Crippen LogP contribution in [0.15, 0.2) is 140 Å². The van der Waals surface area contributed by atoms with Gasteiger partial charge in [-0.05, 0) is 70.4 Å². The van der Waals surface area contributed by atoms with Gasteiger partial charge < -0.3 is 9.88 Å². The van der Waals surface area contributed by atoms with Crippen LogP contribution in [0.4, 0.5) is 11.4 Å². The van der Waals surface area contributed by atoms with E-state index in [0.717, 1.165) is 17.1 Å². The van der Waals surface area contributed by atoms with Crippen LogP contribution in [0.2, 0.25) is 0 Å². The fraction of sp³-hybridized carbons (Fsp3) is 0. The average molecular weight is 461 g/mol. The van der Waals surface area contributed by atoms with Gasteiger partial charge in [-0.1, -0.05) is 91.0 Å². The lowest BCUT2D eigenvalue weighted by Gasteiger charge is -2.12. The Morgan fingerprint density at radius 2 is 1.08 bits per heavy atom. The number of nitrogens with zero attached hydrogens (tertiary/aromatic N) is 1. The maximum atomic E-state index is 3.58. The minimum Gasteiger partial charge on any atom is -0.355 e. The molecule has 1 heterocycles. The summed E-state index contributed by atoms with van der Waals surface area (Å²) in [5.74, 6) is 0. The van der Waals surface area contributed by atoms with Crippen molar-refractivity contribution in [2.45, 2.75) is 0 Å². The third-order valence-corrected chi connectivity index (χ3v) is 6.91. The molecule has 0 fully saturated rings. The highest BCUT2D eigenvalue weighted by Gasteiger charge is 2.15. The van der Waals surface area contributed by atoms with Crippen molar-refractivity contribution in [1.29, 1.82) is 0 Å². The quantitative estimate of drug-likeness (QED) is 0.277. The van der Waals surface area contributed by atoms with E-state index in [1.807, 2.05) is 6.07 Å². The first-order valence-electron chi connectivity index (χ1n) is 12.3. The van der Waals surface area contributed by atoms with Crippen LogP contribution in [0.1, 0.15) is 0 Å². The summed E-state index contributed by atoms with van der Waals surface area (Å²) in [6.07, 6.45) is 0. The van der Waals surface area contributed by atoms with Crippen LogP contribution in [-0.4, -0.2) is 4.57 Å². The molecule has 7 rings (SSSR count). The van der Waals surface area contributed by atoms with Crippen LogP contribution in [0.5, 0.6) is 0 Å². The standard InChI is InChI=1S/C34H24N2/c1-3-10-24(11-4-1)25-14-9-17-30(20-25)36-33-22-27-13-8-7-12-26(27)21-32(33)31-19-18-29(23-34(31)36)35-28-15-5-2-6-16-28/h1-23,35H. The van der Waals surface area contributed by atoms with Gasteiger partial charge in [-0.25, -0.2) is 0 Å². The fourth-order valence-electron chi connectivity index (χ4n) is 5.20. The molecule has 0 saturated carbocycles. The minimum absolute atomic E-state index is 1.07. The topological polar surface area (TPSA) is 17.0 Å². The highest BCUT2D eigenvalue weighted by atomic mass is 15.0. The van der Waals surface area contributed by atoms with Crippen molar-refractivity contribution in [2.75, 3.05) is 5.32 Å². The van der Waals surface area contributed by atoms with Crippen molar-refractivity contribution in [1.82, 2.24) is 4.57 Å². The van der Waals surface area contributed by atoms with Gasteiger partial charge in [0.1, 0.15) is 0 Å². The Bertz CT molecular complexity index is 1850. The van der Waals surface area contributed by atoms with E-state index < -0.39 is 0 Å². The van der Waals surface area contributed by atoms with Crippen LogP contribution in [-0.2, 0) is 0 Å². The Labute approximate surface area is 210 Å². The first kappa shape index (κ1) is 20.5. The molecule has 36 heavy (non-hydrogen) atoms. The number of hydrogen-bond acceptors (Lipinski definition) is 1. The first-order chi connectivity index (χ1) is 17.8. The molecule has 1 aromatic heterocycles. The summed E-state index contributed by atoms with van der Waals surface area (Å²) < 4.78 is 2.40. The van der Waals surface area contributed by atoms with Crippen molar-refractivity contribution in [2.24, 2.45) is 0 Å². The van der Waals surface area contributed by atoms with Gasteiger partial charge in [-0.3, -0.25) is 0 Å². The van der Waals surface area contributed by atoms with Gasteiger partial charge in [0.15, 0.2) is 0 Å². The zero-order valence-electron chi connectivity index (χ0n) is 19.7. The Morgan fingerprint density at radius 1 is 0.417 bits per heavy atom. The summed E-state index contributed by atoms with van der Waals surface area (Å²) in [4.78, 5) is 0. The second kappa shape index (κ2) is 8.44. The number of para-hydroxylation sites is 1. The third kappa shape index (κ3) is 3.52. The summed E-state index contributed by atoms with van der Waals surface area (Å²) in [7, 11) is 0. The zero-order chi connectivity index (χ0) is 23.9. The van der Waals surface area contributed by atoms with E-state index in [1.54, 1.807) is 0 Å². The number of nitrogens with one attached hydrogen (secondary N) is 1. The number of hydrogen-bond donors (Lipinski definition) is 1. The summed E-state index contributed by atoms with van der Waals surface area (Å²) in [6.45, 7) is 0. The molecular formula is C34H24N2. The highest BCUT2D eigenvalue weighted by Crippen LogP contribution is 2.37. The molecule has 1 N–H and O–H groups in total. The molecule has 0 aliphatic heterocycles. The maximum absolute atomic E-state index is 3.58. The molecule has 0 bridgehead atoms. The van der Waals surface area contributed by atoms with Crippen molar-refractivity contribution < 1.29 is 0 Å².